The summed E-state index contributed by atoms with van der Waals surface area (Å²) in [6, 6.07) is 8.23. The molecule has 0 aliphatic carbocycles. The van der Waals surface area contributed by atoms with Crippen molar-refractivity contribution in [3.8, 4) is 5.75 Å². The van der Waals surface area contributed by atoms with Crippen molar-refractivity contribution in [1.82, 2.24) is 9.78 Å². The van der Waals surface area contributed by atoms with E-state index >= 15 is 0 Å². The second-order valence-electron chi connectivity index (χ2n) is 4.37. The molecular weight excluding hydrogens is 228 g/mol. The molecule has 94 valence electrons. The number of hydrogen-bond acceptors (Lipinski definition) is 4. The van der Waals surface area contributed by atoms with Gasteiger partial charge in [-0.25, -0.2) is 4.68 Å². The number of aromatic nitrogens is 2. The molecule has 0 bridgehead atoms. The van der Waals surface area contributed by atoms with Crippen LogP contribution in [0.25, 0.3) is 0 Å². The SMILES string of the molecule is COc1ccccc1C1CCNc2c(N)cnn21. The van der Waals surface area contributed by atoms with Crippen LogP contribution < -0.4 is 15.8 Å². The minimum Gasteiger partial charge on any atom is -0.496 e. The first kappa shape index (κ1) is 11.0. The molecule has 3 N–H and O–H groups in total. The minimum atomic E-state index is 0.176. The summed E-state index contributed by atoms with van der Waals surface area (Å²) in [5.41, 5.74) is 7.73. The number of ether oxygens (including phenoxy) is 1. The molecule has 3 rings (SSSR count). The molecule has 1 aromatic heterocycles. The molecule has 0 amide bonds. The molecule has 2 aromatic rings. The summed E-state index contributed by atoms with van der Waals surface area (Å²) in [5.74, 6) is 1.79. The van der Waals surface area contributed by atoms with Crippen LogP contribution in [0, 0.1) is 0 Å². The minimum absolute atomic E-state index is 0.176. The van der Waals surface area contributed by atoms with Crippen LogP contribution in [0.3, 0.4) is 0 Å². The van der Waals surface area contributed by atoms with Crippen molar-refractivity contribution in [2.45, 2.75) is 12.5 Å². The summed E-state index contributed by atoms with van der Waals surface area (Å²) < 4.78 is 7.37. The largest absolute Gasteiger partial charge is 0.496 e. The highest BCUT2D eigenvalue weighted by Gasteiger charge is 2.25. The summed E-state index contributed by atoms with van der Waals surface area (Å²) in [5, 5.41) is 7.65. The molecule has 1 aliphatic rings. The highest BCUT2D eigenvalue weighted by molar-refractivity contribution is 5.62. The van der Waals surface area contributed by atoms with E-state index in [0.717, 1.165) is 30.1 Å². The number of nitrogen functional groups attached to an aromatic ring is 1. The van der Waals surface area contributed by atoms with Crippen molar-refractivity contribution in [1.29, 1.82) is 0 Å². The van der Waals surface area contributed by atoms with E-state index in [1.54, 1.807) is 13.3 Å². The number of nitrogens with one attached hydrogen (secondary N) is 1. The fraction of sp³-hybridized carbons (Fsp3) is 0.308. The maximum Gasteiger partial charge on any atom is 0.148 e. The zero-order chi connectivity index (χ0) is 12.5. The molecule has 5 heteroatoms. The van der Waals surface area contributed by atoms with E-state index in [2.05, 4.69) is 16.5 Å². The summed E-state index contributed by atoms with van der Waals surface area (Å²) >= 11 is 0. The van der Waals surface area contributed by atoms with Gasteiger partial charge in [-0.2, -0.15) is 5.10 Å². The molecule has 2 heterocycles. The molecule has 18 heavy (non-hydrogen) atoms. The van der Waals surface area contributed by atoms with Gasteiger partial charge in [0, 0.05) is 12.1 Å². The first-order valence-corrected chi connectivity index (χ1v) is 6.01. The van der Waals surface area contributed by atoms with Gasteiger partial charge in [-0.3, -0.25) is 0 Å². The first-order chi connectivity index (χ1) is 8.81. The van der Waals surface area contributed by atoms with E-state index in [4.69, 9.17) is 10.5 Å². The summed E-state index contributed by atoms with van der Waals surface area (Å²) in [6.45, 7) is 0.888. The standard InChI is InChI=1S/C13H16N4O/c1-18-12-5-3-2-4-9(12)11-6-7-15-13-10(14)8-16-17(11)13/h2-5,8,11,15H,6-7,14H2,1H3. The molecule has 1 aliphatic heterocycles. The average molecular weight is 244 g/mol. The van der Waals surface area contributed by atoms with E-state index in [0.29, 0.717) is 5.69 Å². The Hall–Kier alpha value is -2.17. The Kier molecular flexibility index (Phi) is 2.59. The third-order valence-corrected chi connectivity index (χ3v) is 3.33. The van der Waals surface area contributed by atoms with Gasteiger partial charge in [0.2, 0.25) is 0 Å². The van der Waals surface area contributed by atoms with Gasteiger partial charge >= 0.3 is 0 Å². The predicted octanol–water partition coefficient (Wildman–Crippen LogP) is 1.88. The summed E-state index contributed by atoms with van der Waals surface area (Å²) in [6.07, 6.45) is 2.66. The smallest absolute Gasteiger partial charge is 0.148 e. The number of anilines is 2. The Labute approximate surface area is 106 Å². The first-order valence-electron chi connectivity index (χ1n) is 6.01. The monoisotopic (exact) mass is 244 g/mol. The van der Waals surface area contributed by atoms with Crippen molar-refractivity contribution < 1.29 is 4.74 Å². The fourth-order valence-corrected chi connectivity index (χ4v) is 2.47. The number of fused-ring (bicyclic) bond motifs is 1. The van der Waals surface area contributed by atoms with Gasteiger partial charge in [0.1, 0.15) is 11.6 Å². The topological polar surface area (TPSA) is 65.1 Å². The van der Waals surface area contributed by atoms with Crippen LogP contribution in [-0.2, 0) is 0 Å². The number of nitrogens with zero attached hydrogens (tertiary/aromatic N) is 2. The van der Waals surface area contributed by atoms with Gasteiger partial charge in [-0.15, -0.1) is 0 Å². The molecule has 1 aromatic carbocycles. The van der Waals surface area contributed by atoms with Crippen molar-refractivity contribution in [2.75, 3.05) is 24.7 Å². The molecule has 1 atom stereocenters. The predicted molar refractivity (Wildman–Crippen MR) is 70.9 cm³/mol. The van der Waals surface area contributed by atoms with Crippen molar-refractivity contribution in [2.24, 2.45) is 0 Å². The van der Waals surface area contributed by atoms with Crippen molar-refractivity contribution in [3.63, 3.8) is 0 Å². The van der Waals surface area contributed by atoms with E-state index in [-0.39, 0.29) is 6.04 Å². The van der Waals surface area contributed by atoms with Crippen LogP contribution in [-0.4, -0.2) is 23.4 Å². The Balaban J connectivity index is 2.08. The second kappa shape index (κ2) is 4.25. The van der Waals surface area contributed by atoms with Crippen LogP contribution in [0.2, 0.25) is 0 Å². The van der Waals surface area contributed by atoms with Crippen molar-refractivity contribution in [3.05, 3.63) is 36.0 Å². The van der Waals surface area contributed by atoms with Crippen LogP contribution in [0.1, 0.15) is 18.0 Å². The average Bonchev–Trinajstić information content (AvgIpc) is 2.81. The number of rotatable bonds is 2. The normalized spacial score (nSPS) is 17.9. The number of hydrogen-bond donors (Lipinski definition) is 2. The Morgan fingerprint density at radius 3 is 3.11 bits per heavy atom. The lowest BCUT2D eigenvalue weighted by Crippen LogP contribution is -2.25. The van der Waals surface area contributed by atoms with Crippen LogP contribution in [0.5, 0.6) is 5.75 Å². The van der Waals surface area contributed by atoms with Gasteiger partial charge < -0.3 is 15.8 Å². The maximum atomic E-state index is 5.90. The Morgan fingerprint density at radius 1 is 1.44 bits per heavy atom. The highest BCUT2D eigenvalue weighted by atomic mass is 16.5. The van der Waals surface area contributed by atoms with Gasteiger partial charge in [-0.1, -0.05) is 18.2 Å². The zero-order valence-electron chi connectivity index (χ0n) is 10.3. The fourth-order valence-electron chi connectivity index (χ4n) is 2.47. The van der Waals surface area contributed by atoms with Gasteiger partial charge in [-0.05, 0) is 12.5 Å². The van der Waals surface area contributed by atoms with E-state index in [9.17, 15) is 0 Å². The van der Waals surface area contributed by atoms with E-state index < -0.39 is 0 Å². The summed E-state index contributed by atoms with van der Waals surface area (Å²) in [7, 11) is 1.69. The van der Waals surface area contributed by atoms with Gasteiger partial charge in [0.15, 0.2) is 0 Å². The number of methoxy groups -OCH3 is 1. The molecule has 0 saturated heterocycles. The third kappa shape index (κ3) is 1.59. The second-order valence-corrected chi connectivity index (χ2v) is 4.37. The van der Waals surface area contributed by atoms with Crippen molar-refractivity contribution >= 4 is 11.5 Å². The lowest BCUT2D eigenvalue weighted by molar-refractivity contribution is 0.391. The van der Waals surface area contributed by atoms with Gasteiger partial charge in [0.25, 0.3) is 0 Å². The number of benzene rings is 1. The van der Waals surface area contributed by atoms with E-state index in [1.165, 1.54) is 0 Å². The zero-order valence-corrected chi connectivity index (χ0v) is 10.3. The molecular formula is C13H16N4O. The van der Waals surface area contributed by atoms with Crippen LogP contribution in [0.4, 0.5) is 11.5 Å². The molecule has 0 fully saturated rings. The lowest BCUT2D eigenvalue weighted by atomic mass is 10.0. The molecule has 1 unspecified atom stereocenters. The van der Waals surface area contributed by atoms with Gasteiger partial charge in [0.05, 0.1) is 25.0 Å². The molecule has 5 nitrogen and oxygen atoms in total. The van der Waals surface area contributed by atoms with Crippen LogP contribution in [0.15, 0.2) is 30.5 Å². The number of para-hydroxylation sites is 1. The Bertz CT molecular complexity index is 564. The van der Waals surface area contributed by atoms with Crippen LogP contribution >= 0.6 is 0 Å². The van der Waals surface area contributed by atoms with E-state index in [1.807, 2.05) is 22.9 Å². The number of nitrogens with two attached hydrogens (primary N) is 1. The summed E-state index contributed by atoms with van der Waals surface area (Å²) in [4.78, 5) is 0. The highest BCUT2D eigenvalue weighted by Crippen LogP contribution is 2.36. The molecule has 0 saturated carbocycles. The molecule has 0 spiro atoms. The molecule has 0 radical (unpaired) electrons. The maximum absolute atomic E-state index is 5.90. The Morgan fingerprint density at radius 2 is 2.28 bits per heavy atom. The lowest BCUT2D eigenvalue weighted by Gasteiger charge is -2.27. The third-order valence-electron chi connectivity index (χ3n) is 3.33. The quantitative estimate of drug-likeness (QED) is 0.846.